The number of nitrogens with one attached hydrogen (secondary N) is 1. The number of carbonyl (C=O) groups excluding carboxylic acids is 1. The Morgan fingerprint density at radius 2 is 2.21 bits per heavy atom. The summed E-state index contributed by atoms with van der Waals surface area (Å²) in [5, 5.41) is 11.7. The molecular weight excluding hydrogens is 178 g/mol. The molecule has 14 heavy (non-hydrogen) atoms. The van der Waals surface area contributed by atoms with E-state index in [1.54, 1.807) is 0 Å². The first-order valence-electron chi connectivity index (χ1n) is 5.11. The third-order valence-corrected chi connectivity index (χ3v) is 2.83. The molecule has 78 valence electrons. The predicted molar refractivity (Wildman–Crippen MR) is 54.4 cm³/mol. The molecule has 0 bridgehead atoms. The van der Waals surface area contributed by atoms with Gasteiger partial charge in [-0.25, -0.2) is 0 Å². The van der Waals surface area contributed by atoms with Gasteiger partial charge in [-0.3, -0.25) is 4.79 Å². The SMILES string of the molecule is C#CC(=O)NCC1CCCC(CO)C1. The summed E-state index contributed by atoms with van der Waals surface area (Å²) < 4.78 is 0. The third kappa shape index (κ3) is 3.39. The molecule has 1 fully saturated rings. The van der Waals surface area contributed by atoms with E-state index >= 15 is 0 Å². The first-order valence-corrected chi connectivity index (χ1v) is 5.11. The lowest BCUT2D eigenvalue weighted by molar-refractivity contribution is -0.115. The van der Waals surface area contributed by atoms with Crippen molar-refractivity contribution in [3.63, 3.8) is 0 Å². The molecule has 0 aliphatic heterocycles. The van der Waals surface area contributed by atoms with Crippen LogP contribution in [0.2, 0.25) is 0 Å². The van der Waals surface area contributed by atoms with E-state index in [0.29, 0.717) is 18.4 Å². The van der Waals surface area contributed by atoms with E-state index in [1.807, 2.05) is 5.92 Å². The van der Waals surface area contributed by atoms with Gasteiger partial charge < -0.3 is 10.4 Å². The van der Waals surface area contributed by atoms with Gasteiger partial charge in [0.25, 0.3) is 5.91 Å². The fourth-order valence-corrected chi connectivity index (χ4v) is 2.04. The van der Waals surface area contributed by atoms with Crippen LogP contribution in [-0.2, 0) is 4.79 Å². The minimum Gasteiger partial charge on any atom is -0.396 e. The fraction of sp³-hybridized carbons (Fsp3) is 0.727. The largest absolute Gasteiger partial charge is 0.396 e. The van der Waals surface area contributed by atoms with Crippen molar-refractivity contribution >= 4 is 5.91 Å². The minimum atomic E-state index is -0.337. The standard InChI is InChI=1S/C11H17NO2/c1-2-11(14)12-7-9-4-3-5-10(6-9)8-13/h1,9-10,13H,3-8H2,(H,12,14). The zero-order valence-corrected chi connectivity index (χ0v) is 8.33. The highest BCUT2D eigenvalue weighted by atomic mass is 16.3. The van der Waals surface area contributed by atoms with Gasteiger partial charge in [0.15, 0.2) is 0 Å². The average Bonchev–Trinajstić information content (AvgIpc) is 2.26. The molecule has 0 radical (unpaired) electrons. The Kier molecular flexibility index (Phi) is 4.48. The van der Waals surface area contributed by atoms with Crippen LogP contribution in [0.3, 0.4) is 0 Å². The molecule has 1 aliphatic carbocycles. The van der Waals surface area contributed by atoms with Gasteiger partial charge in [-0.1, -0.05) is 6.42 Å². The van der Waals surface area contributed by atoms with Crippen molar-refractivity contribution in [2.75, 3.05) is 13.2 Å². The highest BCUT2D eigenvalue weighted by molar-refractivity contribution is 5.92. The van der Waals surface area contributed by atoms with Crippen LogP contribution in [0.1, 0.15) is 25.7 Å². The summed E-state index contributed by atoms with van der Waals surface area (Å²) in [5.74, 6) is 2.59. The van der Waals surface area contributed by atoms with Gasteiger partial charge in [-0.2, -0.15) is 0 Å². The minimum absolute atomic E-state index is 0.263. The van der Waals surface area contributed by atoms with E-state index in [1.165, 1.54) is 0 Å². The maximum Gasteiger partial charge on any atom is 0.295 e. The number of terminal acetylenes is 1. The van der Waals surface area contributed by atoms with Gasteiger partial charge in [-0.05, 0) is 37.0 Å². The van der Waals surface area contributed by atoms with E-state index in [-0.39, 0.29) is 12.5 Å². The summed E-state index contributed by atoms with van der Waals surface area (Å²) in [6.45, 7) is 0.916. The molecule has 0 aromatic carbocycles. The van der Waals surface area contributed by atoms with Crippen LogP contribution >= 0.6 is 0 Å². The van der Waals surface area contributed by atoms with Gasteiger partial charge >= 0.3 is 0 Å². The van der Waals surface area contributed by atoms with Crippen LogP contribution in [0.25, 0.3) is 0 Å². The lowest BCUT2D eigenvalue weighted by Gasteiger charge is -2.27. The molecule has 1 rings (SSSR count). The molecule has 1 aliphatic rings. The van der Waals surface area contributed by atoms with Crippen molar-refractivity contribution in [2.45, 2.75) is 25.7 Å². The second-order valence-corrected chi connectivity index (χ2v) is 3.94. The zero-order chi connectivity index (χ0) is 10.4. The van der Waals surface area contributed by atoms with Gasteiger partial charge in [0.2, 0.25) is 0 Å². The molecule has 3 heteroatoms. The Balaban J connectivity index is 2.24. The second-order valence-electron chi connectivity index (χ2n) is 3.94. The zero-order valence-electron chi connectivity index (χ0n) is 8.33. The maximum absolute atomic E-state index is 10.8. The average molecular weight is 195 g/mol. The Labute approximate surface area is 84.9 Å². The van der Waals surface area contributed by atoms with Crippen LogP contribution in [0, 0.1) is 24.2 Å². The molecule has 1 saturated carbocycles. The number of hydrogen-bond acceptors (Lipinski definition) is 2. The number of aliphatic hydroxyl groups is 1. The molecule has 2 N–H and O–H groups in total. The molecule has 0 saturated heterocycles. The first kappa shape index (κ1) is 11.1. The Morgan fingerprint density at radius 1 is 1.50 bits per heavy atom. The predicted octanol–water partition coefficient (Wildman–Crippen LogP) is 0.534. The third-order valence-electron chi connectivity index (χ3n) is 2.83. The first-order chi connectivity index (χ1) is 6.76. The summed E-state index contributed by atoms with van der Waals surface area (Å²) in [6.07, 6.45) is 9.31. The second kappa shape index (κ2) is 5.66. The Bertz CT molecular complexity index is 232. The maximum atomic E-state index is 10.8. The van der Waals surface area contributed by atoms with Crippen molar-refractivity contribution in [2.24, 2.45) is 11.8 Å². The highest BCUT2D eigenvalue weighted by Gasteiger charge is 2.21. The quantitative estimate of drug-likeness (QED) is 0.646. The number of aliphatic hydroxyl groups excluding tert-OH is 1. The van der Waals surface area contributed by atoms with E-state index in [9.17, 15) is 4.79 Å². The summed E-state index contributed by atoms with van der Waals surface area (Å²) in [7, 11) is 0. The summed E-state index contributed by atoms with van der Waals surface area (Å²) in [4.78, 5) is 10.8. The number of amides is 1. The van der Waals surface area contributed by atoms with Gasteiger partial charge in [0.05, 0.1) is 0 Å². The van der Waals surface area contributed by atoms with Crippen molar-refractivity contribution in [1.82, 2.24) is 5.32 Å². The van der Waals surface area contributed by atoms with Crippen LogP contribution in [-0.4, -0.2) is 24.2 Å². The molecule has 2 unspecified atom stereocenters. The highest BCUT2D eigenvalue weighted by Crippen LogP contribution is 2.27. The lowest BCUT2D eigenvalue weighted by Crippen LogP contribution is -2.31. The number of hydrogen-bond donors (Lipinski definition) is 2. The summed E-state index contributed by atoms with van der Waals surface area (Å²) in [6, 6.07) is 0. The monoisotopic (exact) mass is 195 g/mol. The molecule has 2 atom stereocenters. The van der Waals surface area contributed by atoms with Crippen molar-refractivity contribution in [1.29, 1.82) is 0 Å². The molecule has 1 amide bonds. The van der Waals surface area contributed by atoms with Gasteiger partial charge in [-0.15, -0.1) is 6.42 Å². The molecule has 0 heterocycles. The topological polar surface area (TPSA) is 49.3 Å². The fourth-order valence-electron chi connectivity index (χ4n) is 2.04. The molecule has 0 aromatic rings. The Hall–Kier alpha value is -1.01. The van der Waals surface area contributed by atoms with Crippen LogP contribution < -0.4 is 5.32 Å². The number of rotatable bonds is 3. The molecule has 0 spiro atoms. The van der Waals surface area contributed by atoms with E-state index in [4.69, 9.17) is 11.5 Å². The van der Waals surface area contributed by atoms with Crippen molar-refractivity contribution < 1.29 is 9.90 Å². The van der Waals surface area contributed by atoms with Crippen LogP contribution in [0.4, 0.5) is 0 Å². The van der Waals surface area contributed by atoms with Crippen LogP contribution in [0.15, 0.2) is 0 Å². The molecule has 3 nitrogen and oxygen atoms in total. The lowest BCUT2D eigenvalue weighted by atomic mass is 9.82. The van der Waals surface area contributed by atoms with E-state index < -0.39 is 0 Å². The molecule has 0 aromatic heterocycles. The summed E-state index contributed by atoms with van der Waals surface area (Å²) in [5.41, 5.74) is 0. The van der Waals surface area contributed by atoms with Crippen molar-refractivity contribution in [3.8, 4) is 12.3 Å². The van der Waals surface area contributed by atoms with Crippen molar-refractivity contribution in [3.05, 3.63) is 0 Å². The van der Waals surface area contributed by atoms with Crippen LogP contribution in [0.5, 0.6) is 0 Å². The normalized spacial score (nSPS) is 26.6. The summed E-state index contributed by atoms with van der Waals surface area (Å²) >= 11 is 0. The van der Waals surface area contributed by atoms with E-state index in [0.717, 1.165) is 25.7 Å². The van der Waals surface area contributed by atoms with Gasteiger partial charge in [0, 0.05) is 13.2 Å². The van der Waals surface area contributed by atoms with Gasteiger partial charge in [0.1, 0.15) is 0 Å². The number of carbonyl (C=O) groups is 1. The Morgan fingerprint density at radius 3 is 2.86 bits per heavy atom. The van der Waals surface area contributed by atoms with E-state index in [2.05, 4.69) is 5.32 Å². The smallest absolute Gasteiger partial charge is 0.295 e. The molecular formula is C11H17NO2.